The summed E-state index contributed by atoms with van der Waals surface area (Å²) in [5.74, 6) is 2.13. The van der Waals surface area contributed by atoms with Crippen molar-refractivity contribution in [3.05, 3.63) is 11.7 Å². The van der Waals surface area contributed by atoms with Crippen molar-refractivity contribution in [3.8, 4) is 0 Å². The van der Waals surface area contributed by atoms with Crippen LogP contribution in [0.5, 0.6) is 0 Å². The van der Waals surface area contributed by atoms with Crippen LogP contribution in [0.25, 0.3) is 0 Å². The molecule has 0 bridgehead atoms. The van der Waals surface area contributed by atoms with Gasteiger partial charge in [0.25, 0.3) is 0 Å². The highest BCUT2D eigenvalue weighted by atomic mass is 16.5. The van der Waals surface area contributed by atoms with E-state index in [1.54, 1.807) is 0 Å². The summed E-state index contributed by atoms with van der Waals surface area (Å²) in [7, 11) is 0. The lowest BCUT2D eigenvalue weighted by Crippen LogP contribution is -2.27. The molecular formula is C15H25N3O3. The Morgan fingerprint density at radius 2 is 2.10 bits per heavy atom. The summed E-state index contributed by atoms with van der Waals surface area (Å²) in [5, 5.41) is 7.47. The highest BCUT2D eigenvalue weighted by molar-refractivity contribution is 4.94. The van der Waals surface area contributed by atoms with Crippen LogP contribution in [-0.4, -0.2) is 43.1 Å². The van der Waals surface area contributed by atoms with Crippen molar-refractivity contribution < 1.29 is 14.0 Å². The second kappa shape index (κ2) is 7.87. The minimum atomic E-state index is 0.239. The number of nitrogens with zero attached hydrogens (tertiary/aromatic N) is 2. The molecule has 0 aromatic carbocycles. The Labute approximate surface area is 125 Å². The quantitative estimate of drug-likeness (QED) is 0.808. The van der Waals surface area contributed by atoms with E-state index < -0.39 is 0 Å². The summed E-state index contributed by atoms with van der Waals surface area (Å²) < 4.78 is 16.4. The summed E-state index contributed by atoms with van der Waals surface area (Å²) in [6, 6.07) is 0.239. The molecule has 3 rings (SSSR count). The fraction of sp³-hybridized carbons (Fsp3) is 0.867. The molecule has 0 saturated carbocycles. The van der Waals surface area contributed by atoms with Crippen LogP contribution in [0.3, 0.4) is 0 Å². The van der Waals surface area contributed by atoms with Crippen LogP contribution in [0, 0.1) is 5.92 Å². The topological polar surface area (TPSA) is 69.4 Å². The van der Waals surface area contributed by atoms with E-state index in [0.29, 0.717) is 12.5 Å². The summed E-state index contributed by atoms with van der Waals surface area (Å²) >= 11 is 0. The summed E-state index contributed by atoms with van der Waals surface area (Å²) in [5.41, 5.74) is 0. The van der Waals surface area contributed by atoms with Crippen LogP contribution in [0.15, 0.2) is 4.52 Å². The van der Waals surface area contributed by atoms with Crippen molar-refractivity contribution in [2.45, 2.75) is 44.6 Å². The van der Waals surface area contributed by atoms with Gasteiger partial charge in [-0.2, -0.15) is 4.98 Å². The van der Waals surface area contributed by atoms with E-state index in [9.17, 15) is 0 Å². The lowest BCUT2D eigenvalue weighted by molar-refractivity contribution is 0.0211. The zero-order valence-electron chi connectivity index (χ0n) is 12.6. The monoisotopic (exact) mass is 295 g/mol. The Kier molecular flexibility index (Phi) is 5.60. The first-order valence-electron chi connectivity index (χ1n) is 8.13. The van der Waals surface area contributed by atoms with Gasteiger partial charge in [0.2, 0.25) is 5.89 Å². The number of hydrogen-bond acceptors (Lipinski definition) is 6. The Hall–Kier alpha value is -0.980. The molecule has 0 spiro atoms. The smallest absolute Gasteiger partial charge is 0.243 e. The predicted molar refractivity (Wildman–Crippen MR) is 77.0 cm³/mol. The van der Waals surface area contributed by atoms with Gasteiger partial charge in [-0.05, 0) is 38.1 Å². The Morgan fingerprint density at radius 1 is 1.19 bits per heavy atom. The minimum Gasteiger partial charge on any atom is -0.381 e. The van der Waals surface area contributed by atoms with E-state index in [0.717, 1.165) is 63.8 Å². The van der Waals surface area contributed by atoms with Gasteiger partial charge in [-0.25, -0.2) is 0 Å². The van der Waals surface area contributed by atoms with E-state index in [1.807, 2.05) is 0 Å². The van der Waals surface area contributed by atoms with Crippen LogP contribution in [0.1, 0.15) is 49.9 Å². The lowest BCUT2D eigenvalue weighted by Gasteiger charge is -2.21. The van der Waals surface area contributed by atoms with Crippen molar-refractivity contribution in [2.75, 3.05) is 33.0 Å². The first-order chi connectivity index (χ1) is 10.4. The first-order valence-corrected chi connectivity index (χ1v) is 8.13. The first kappa shape index (κ1) is 14.9. The normalized spacial score (nSPS) is 24.3. The van der Waals surface area contributed by atoms with Crippen LogP contribution < -0.4 is 5.32 Å². The summed E-state index contributed by atoms with van der Waals surface area (Å²) in [4.78, 5) is 4.48. The number of nitrogens with one attached hydrogen (secondary N) is 1. The summed E-state index contributed by atoms with van der Waals surface area (Å²) in [6.45, 7) is 4.26. The molecule has 1 atom stereocenters. The third kappa shape index (κ3) is 4.49. The molecule has 6 nitrogen and oxygen atoms in total. The van der Waals surface area contributed by atoms with Crippen molar-refractivity contribution in [2.24, 2.45) is 5.92 Å². The third-order valence-corrected chi connectivity index (χ3v) is 4.26. The SMILES string of the molecule is C1CC[C@@H](c2nc(CCOCC3CCOCC3)no2)NC1. The molecule has 3 heterocycles. The largest absolute Gasteiger partial charge is 0.381 e. The third-order valence-electron chi connectivity index (χ3n) is 4.26. The van der Waals surface area contributed by atoms with Gasteiger partial charge in [-0.1, -0.05) is 11.6 Å². The highest BCUT2D eigenvalue weighted by Gasteiger charge is 2.21. The maximum absolute atomic E-state index is 5.74. The Balaban J connectivity index is 1.36. The summed E-state index contributed by atoms with van der Waals surface area (Å²) in [6.07, 6.45) is 6.49. The molecule has 1 N–H and O–H groups in total. The number of ether oxygens (including phenoxy) is 2. The van der Waals surface area contributed by atoms with Crippen molar-refractivity contribution in [1.29, 1.82) is 0 Å². The fourth-order valence-electron chi connectivity index (χ4n) is 2.90. The van der Waals surface area contributed by atoms with Gasteiger partial charge in [0.1, 0.15) is 0 Å². The molecule has 2 aliphatic heterocycles. The van der Waals surface area contributed by atoms with Gasteiger partial charge in [0.15, 0.2) is 5.82 Å². The molecule has 6 heteroatoms. The van der Waals surface area contributed by atoms with E-state index in [2.05, 4.69) is 15.5 Å². The lowest BCUT2D eigenvalue weighted by atomic mass is 10.0. The van der Waals surface area contributed by atoms with Crippen LogP contribution in [0.4, 0.5) is 0 Å². The second-order valence-corrected chi connectivity index (χ2v) is 5.93. The molecule has 2 saturated heterocycles. The fourth-order valence-corrected chi connectivity index (χ4v) is 2.90. The van der Waals surface area contributed by atoms with Crippen molar-refractivity contribution in [1.82, 2.24) is 15.5 Å². The standard InChI is InChI=1S/C15H25N3O3/c1-2-7-16-13(3-1)15-17-14(18-21-15)6-10-20-11-12-4-8-19-9-5-12/h12-13,16H,1-11H2/t13-/m0/s1. The van der Waals surface area contributed by atoms with Crippen molar-refractivity contribution in [3.63, 3.8) is 0 Å². The molecule has 1 aromatic rings. The van der Waals surface area contributed by atoms with Crippen LogP contribution in [-0.2, 0) is 15.9 Å². The van der Waals surface area contributed by atoms with Crippen LogP contribution >= 0.6 is 0 Å². The van der Waals surface area contributed by atoms with E-state index in [1.165, 1.54) is 12.8 Å². The molecular weight excluding hydrogens is 270 g/mol. The van der Waals surface area contributed by atoms with E-state index in [4.69, 9.17) is 14.0 Å². The van der Waals surface area contributed by atoms with Gasteiger partial charge in [-0.3, -0.25) is 0 Å². The zero-order valence-corrected chi connectivity index (χ0v) is 12.6. The van der Waals surface area contributed by atoms with Gasteiger partial charge in [0.05, 0.1) is 12.6 Å². The molecule has 1 aromatic heterocycles. The van der Waals surface area contributed by atoms with E-state index in [-0.39, 0.29) is 6.04 Å². The molecule has 21 heavy (non-hydrogen) atoms. The maximum Gasteiger partial charge on any atom is 0.243 e. The van der Waals surface area contributed by atoms with Gasteiger partial charge in [-0.15, -0.1) is 0 Å². The average molecular weight is 295 g/mol. The second-order valence-electron chi connectivity index (χ2n) is 5.93. The van der Waals surface area contributed by atoms with Crippen molar-refractivity contribution >= 4 is 0 Å². The number of aromatic nitrogens is 2. The number of piperidine rings is 1. The van der Waals surface area contributed by atoms with E-state index >= 15 is 0 Å². The Bertz CT molecular complexity index is 412. The van der Waals surface area contributed by atoms with Crippen LogP contribution in [0.2, 0.25) is 0 Å². The maximum atomic E-state index is 5.74. The van der Waals surface area contributed by atoms with Gasteiger partial charge < -0.3 is 19.3 Å². The molecule has 2 fully saturated rings. The minimum absolute atomic E-state index is 0.239. The Morgan fingerprint density at radius 3 is 2.90 bits per heavy atom. The predicted octanol–water partition coefficient (Wildman–Crippen LogP) is 1.87. The molecule has 2 aliphatic rings. The highest BCUT2D eigenvalue weighted by Crippen LogP contribution is 2.21. The molecule has 0 aliphatic carbocycles. The molecule has 0 unspecified atom stereocenters. The van der Waals surface area contributed by atoms with Gasteiger partial charge in [0, 0.05) is 26.2 Å². The molecule has 0 amide bonds. The van der Waals surface area contributed by atoms with Gasteiger partial charge >= 0.3 is 0 Å². The molecule has 118 valence electrons. The number of rotatable bonds is 6. The average Bonchev–Trinajstić information content (AvgIpc) is 3.02. The zero-order chi connectivity index (χ0) is 14.3. The molecule has 0 radical (unpaired) electrons. The number of hydrogen-bond donors (Lipinski definition) is 1.